The fraction of sp³-hybridized carbons (Fsp3) is 0.417. The predicted molar refractivity (Wildman–Crippen MR) is 63.4 cm³/mol. The molecular formula is C12H18N2O2. The zero-order valence-corrected chi connectivity index (χ0v) is 9.53. The number of carbonyl (C=O) groups excluding carboxylic acids is 1. The minimum absolute atomic E-state index is 0.0728. The van der Waals surface area contributed by atoms with Crippen LogP contribution in [0.1, 0.15) is 15.9 Å². The van der Waals surface area contributed by atoms with Gasteiger partial charge in [0.15, 0.2) is 0 Å². The number of carbonyl (C=O) groups is 1. The molecule has 0 fully saturated rings. The Kier molecular flexibility index (Phi) is 5.53. The maximum absolute atomic E-state index is 11.6. The van der Waals surface area contributed by atoms with E-state index in [2.05, 4.69) is 5.32 Å². The van der Waals surface area contributed by atoms with Gasteiger partial charge in [0, 0.05) is 19.2 Å². The third-order valence-electron chi connectivity index (χ3n) is 2.24. The van der Waals surface area contributed by atoms with Crippen LogP contribution in [0.5, 0.6) is 0 Å². The number of nitrogens with two attached hydrogens (primary N) is 1. The third-order valence-corrected chi connectivity index (χ3v) is 2.24. The molecule has 1 aromatic rings. The lowest BCUT2D eigenvalue weighted by atomic mass is 10.1. The van der Waals surface area contributed by atoms with Gasteiger partial charge in [-0.2, -0.15) is 0 Å². The van der Waals surface area contributed by atoms with Crippen molar-refractivity contribution in [1.29, 1.82) is 0 Å². The van der Waals surface area contributed by atoms with Gasteiger partial charge in [-0.05, 0) is 30.7 Å². The number of rotatable bonds is 6. The maximum atomic E-state index is 11.6. The molecular weight excluding hydrogens is 204 g/mol. The molecule has 0 aliphatic heterocycles. The zero-order valence-electron chi connectivity index (χ0n) is 9.53. The van der Waals surface area contributed by atoms with Gasteiger partial charge in [-0.15, -0.1) is 0 Å². The van der Waals surface area contributed by atoms with Crippen molar-refractivity contribution in [2.75, 3.05) is 26.8 Å². The van der Waals surface area contributed by atoms with E-state index in [0.29, 0.717) is 25.3 Å². The van der Waals surface area contributed by atoms with E-state index in [1.54, 1.807) is 7.11 Å². The summed E-state index contributed by atoms with van der Waals surface area (Å²) in [5, 5.41) is 2.76. The monoisotopic (exact) mass is 222 g/mol. The molecule has 16 heavy (non-hydrogen) atoms. The Balaban J connectivity index is 2.49. The normalized spacial score (nSPS) is 10.1. The molecule has 3 N–H and O–H groups in total. The molecule has 0 saturated heterocycles. The van der Waals surface area contributed by atoms with Crippen LogP contribution in [-0.4, -0.2) is 32.7 Å². The van der Waals surface area contributed by atoms with Gasteiger partial charge >= 0.3 is 0 Å². The quantitative estimate of drug-likeness (QED) is 0.691. The summed E-state index contributed by atoms with van der Waals surface area (Å²) in [6, 6.07) is 7.48. The molecule has 0 heterocycles. The molecule has 4 nitrogen and oxygen atoms in total. The molecule has 1 amide bonds. The van der Waals surface area contributed by atoms with Crippen molar-refractivity contribution in [3.05, 3.63) is 35.4 Å². The van der Waals surface area contributed by atoms with Gasteiger partial charge < -0.3 is 15.8 Å². The number of methoxy groups -OCH3 is 1. The summed E-state index contributed by atoms with van der Waals surface area (Å²) in [6.07, 6.45) is 0.839. The van der Waals surface area contributed by atoms with Gasteiger partial charge in [0.1, 0.15) is 0 Å². The lowest BCUT2D eigenvalue weighted by Gasteiger charge is -2.05. The van der Waals surface area contributed by atoms with Gasteiger partial charge in [0.25, 0.3) is 5.91 Å². The topological polar surface area (TPSA) is 64.3 Å². The summed E-state index contributed by atoms with van der Waals surface area (Å²) in [5.74, 6) is -0.0728. The van der Waals surface area contributed by atoms with Crippen molar-refractivity contribution in [2.45, 2.75) is 6.42 Å². The summed E-state index contributed by atoms with van der Waals surface area (Å²) in [5.41, 5.74) is 7.26. The van der Waals surface area contributed by atoms with E-state index in [9.17, 15) is 4.79 Å². The van der Waals surface area contributed by atoms with Crippen molar-refractivity contribution in [2.24, 2.45) is 5.73 Å². The summed E-state index contributed by atoms with van der Waals surface area (Å²) in [7, 11) is 1.60. The average molecular weight is 222 g/mol. The number of ether oxygens (including phenoxy) is 1. The molecule has 4 heteroatoms. The van der Waals surface area contributed by atoms with Crippen LogP contribution in [0.3, 0.4) is 0 Å². The Labute approximate surface area is 95.8 Å². The van der Waals surface area contributed by atoms with Crippen LogP contribution in [0.15, 0.2) is 24.3 Å². The number of benzene rings is 1. The lowest BCUT2D eigenvalue weighted by molar-refractivity contribution is 0.0937. The third kappa shape index (κ3) is 4.00. The van der Waals surface area contributed by atoms with Crippen molar-refractivity contribution < 1.29 is 9.53 Å². The molecule has 0 aromatic heterocycles. The van der Waals surface area contributed by atoms with Crippen LogP contribution in [0.25, 0.3) is 0 Å². The largest absolute Gasteiger partial charge is 0.383 e. The number of hydrogen-bond acceptors (Lipinski definition) is 3. The van der Waals surface area contributed by atoms with E-state index in [0.717, 1.165) is 12.0 Å². The maximum Gasteiger partial charge on any atom is 0.251 e. The molecule has 1 rings (SSSR count). The lowest BCUT2D eigenvalue weighted by Crippen LogP contribution is -2.26. The van der Waals surface area contributed by atoms with Crippen LogP contribution in [0, 0.1) is 0 Å². The molecule has 0 atom stereocenters. The Hall–Kier alpha value is -1.39. The Morgan fingerprint density at radius 3 is 2.62 bits per heavy atom. The van der Waals surface area contributed by atoms with Gasteiger partial charge in [-0.3, -0.25) is 4.79 Å². The van der Waals surface area contributed by atoms with E-state index in [1.165, 1.54) is 0 Å². The molecule has 0 spiro atoms. The molecule has 0 aliphatic rings. The molecule has 1 aromatic carbocycles. The van der Waals surface area contributed by atoms with Gasteiger partial charge in [-0.1, -0.05) is 12.1 Å². The highest BCUT2D eigenvalue weighted by atomic mass is 16.5. The van der Waals surface area contributed by atoms with E-state index >= 15 is 0 Å². The average Bonchev–Trinajstić information content (AvgIpc) is 2.30. The number of nitrogens with one attached hydrogen (secondary N) is 1. The van der Waals surface area contributed by atoms with E-state index in [-0.39, 0.29) is 5.91 Å². The fourth-order valence-electron chi connectivity index (χ4n) is 1.36. The molecule has 0 bridgehead atoms. The van der Waals surface area contributed by atoms with E-state index < -0.39 is 0 Å². The second kappa shape index (κ2) is 6.98. The van der Waals surface area contributed by atoms with Crippen molar-refractivity contribution in [3.63, 3.8) is 0 Å². The van der Waals surface area contributed by atoms with E-state index in [1.807, 2.05) is 24.3 Å². The van der Waals surface area contributed by atoms with E-state index in [4.69, 9.17) is 10.5 Å². The predicted octanol–water partition coefficient (Wildman–Crippen LogP) is 0.564. The molecule has 0 saturated carbocycles. The summed E-state index contributed by atoms with van der Waals surface area (Å²) >= 11 is 0. The standard InChI is InChI=1S/C12H18N2O2/c1-16-9-8-14-12(15)11-4-2-10(3-5-11)6-7-13/h2-5H,6-9,13H2,1H3,(H,14,15). The molecule has 88 valence electrons. The highest BCUT2D eigenvalue weighted by molar-refractivity contribution is 5.94. The van der Waals surface area contributed by atoms with Crippen molar-refractivity contribution in [3.8, 4) is 0 Å². The van der Waals surface area contributed by atoms with Crippen LogP contribution in [0.2, 0.25) is 0 Å². The van der Waals surface area contributed by atoms with Crippen LogP contribution in [0.4, 0.5) is 0 Å². The van der Waals surface area contributed by atoms with Crippen LogP contribution in [-0.2, 0) is 11.2 Å². The van der Waals surface area contributed by atoms with Crippen LogP contribution >= 0.6 is 0 Å². The summed E-state index contributed by atoms with van der Waals surface area (Å²) in [4.78, 5) is 11.6. The first-order chi connectivity index (χ1) is 7.77. The highest BCUT2D eigenvalue weighted by Crippen LogP contribution is 2.04. The van der Waals surface area contributed by atoms with Crippen molar-refractivity contribution >= 4 is 5.91 Å². The molecule has 0 unspecified atom stereocenters. The Morgan fingerprint density at radius 1 is 1.38 bits per heavy atom. The minimum Gasteiger partial charge on any atom is -0.383 e. The minimum atomic E-state index is -0.0728. The number of hydrogen-bond donors (Lipinski definition) is 2. The number of amides is 1. The molecule has 0 aliphatic carbocycles. The first-order valence-electron chi connectivity index (χ1n) is 5.34. The summed E-state index contributed by atoms with van der Waals surface area (Å²) < 4.78 is 4.85. The summed E-state index contributed by atoms with van der Waals surface area (Å²) in [6.45, 7) is 1.68. The highest BCUT2D eigenvalue weighted by Gasteiger charge is 2.03. The Morgan fingerprint density at radius 2 is 2.06 bits per heavy atom. The fourth-order valence-corrected chi connectivity index (χ4v) is 1.36. The first-order valence-corrected chi connectivity index (χ1v) is 5.34. The second-order valence-electron chi connectivity index (χ2n) is 3.48. The molecule has 0 radical (unpaired) electrons. The SMILES string of the molecule is COCCNC(=O)c1ccc(CCN)cc1. The Bertz CT molecular complexity index is 322. The van der Waals surface area contributed by atoms with Gasteiger partial charge in [0.2, 0.25) is 0 Å². The van der Waals surface area contributed by atoms with Crippen molar-refractivity contribution in [1.82, 2.24) is 5.32 Å². The van der Waals surface area contributed by atoms with Gasteiger partial charge in [-0.25, -0.2) is 0 Å². The second-order valence-corrected chi connectivity index (χ2v) is 3.48. The smallest absolute Gasteiger partial charge is 0.251 e. The zero-order chi connectivity index (χ0) is 11.8. The first kappa shape index (κ1) is 12.7. The van der Waals surface area contributed by atoms with Crippen LogP contribution < -0.4 is 11.1 Å². The van der Waals surface area contributed by atoms with Gasteiger partial charge in [0.05, 0.1) is 6.61 Å².